The Morgan fingerprint density at radius 1 is 1.34 bits per heavy atom. The number of aliphatic hydroxyl groups is 1. The van der Waals surface area contributed by atoms with E-state index in [9.17, 15) is 19.4 Å². The third kappa shape index (κ3) is 4.01. The highest BCUT2D eigenvalue weighted by Gasteiger charge is 2.23. The van der Waals surface area contributed by atoms with Gasteiger partial charge in [0.1, 0.15) is 39.5 Å². The van der Waals surface area contributed by atoms with Gasteiger partial charge in [-0.15, -0.1) is 11.3 Å². The van der Waals surface area contributed by atoms with Gasteiger partial charge in [-0.3, -0.25) is 0 Å². The molecule has 1 aliphatic carbocycles. The molecule has 3 aromatic rings. The second kappa shape index (κ2) is 7.92. The van der Waals surface area contributed by atoms with Crippen LogP contribution in [0, 0.1) is 12.7 Å². The molecule has 7 nitrogen and oxygen atoms in total. The number of hydrogen-bond acceptors (Lipinski definition) is 7. The number of thiophene rings is 1. The first-order valence-corrected chi connectivity index (χ1v) is 10.1. The van der Waals surface area contributed by atoms with Gasteiger partial charge in [-0.1, -0.05) is 0 Å². The fraction of sp³-hybridized carbons (Fsp3) is 0.350. The Labute approximate surface area is 170 Å². The van der Waals surface area contributed by atoms with E-state index in [1.165, 1.54) is 18.5 Å². The summed E-state index contributed by atoms with van der Waals surface area (Å²) in [4.78, 5) is 20.6. The van der Waals surface area contributed by atoms with Crippen molar-refractivity contribution >= 4 is 39.0 Å². The van der Waals surface area contributed by atoms with Crippen LogP contribution < -0.4 is 10.1 Å². The molecule has 0 unspecified atom stereocenters. The van der Waals surface area contributed by atoms with Gasteiger partial charge in [-0.2, -0.15) is 0 Å². The molecule has 0 aliphatic heterocycles. The SMILES string of the molecule is Cc1c(C(=O)O)sc2ncnc(Nc3ccc(F)cc3O[C@@H]3CCC[C@H](O)C3)c12. The highest BCUT2D eigenvalue weighted by atomic mass is 32.1. The van der Waals surface area contributed by atoms with Crippen molar-refractivity contribution in [1.82, 2.24) is 9.97 Å². The van der Waals surface area contributed by atoms with Crippen molar-refractivity contribution in [2.75, 3.05) is 5.32 Å². The summed E-state index contributed by atoms with van der Waals surface area (Å²) in [7, 11) is 0. The molecule has 0 radical (unpaired) electrons. The quantitative estimate of drug-likeness (QED) is 0.570. The molecule has 9 heteroatoms. The third-order valence-corrected chi connectivity index (χ3v) is 6.20. The lowest BCUT2D eigenvalue weighted by Gasteiger charge is -2.27. The zero-order chi connectivity index (χ0) is 20.5. The van der Waals surface area contributed by atoms with E-state index in [4.69, 9.17) is 4.74 Å². The Morgan fingerprint density at radius 2 is 2.17 bits per heavy atom. The number of carbonyl (C=O) groups is 1. The van der Waals surface area contributed by atoms with E-state index >= 15 is 0 Å². The first kappa shape index (κ1) is 19.5. The van der Waals surface area contributed by atoms with Gasteiger partial charge in [0.15, 0.2) is 0 Å². The molecule has 0 spiro atoms. The number of nitrogens with zero attached hydrogens (tertiary/aromatic N) is 2. The standard InChI is InChI=1S/C20H20FN3O4S/c1-10-16-18(22-9-23-19(16)29-17(10)20(26)27)24-14-6-5-11(21)7-15(14)28-13-4-2-3-12(25)8-13/h5-7,9,12-13,25H,2-4,8H2,1H3,(H,26,27)(H,22,23,24)/t12-,13+/m0/s1. The largest absolute Gasteiger partial charge is 0.488 e. The number of aryl methyl sites for hydroxylation is 1. The molecule has 3 N–H and O–H groups in total. The Balaban J connectivity index is 1.69. The summed E-state index contributed by atoms with van der Waals surface area (Å²) in [5.74, 6) is -0.702. The summed E-state index contributed by atoms with van der Waals surface area (Å²) in [5, 5.41) is 23.0. The predicted molar refractivity (Wildman–Crippen MR) is 108 cm³/mol. The normalized spacial score (nSPS) is 19.3. The van der Waals surface area contributed by atoms with Crippen molar-refractivity contribution in [3.63, 3.8) is 0 Å². The molecule has 1 aliphatic rings. The number of aromatic nitrogens is 2. The maximum Gasteiger partial charge on any atom is 0.346 e. The molecule has 0 amide bonds. The molecule has 152 valence electrons. The van der Waals surface area contributed by atoms with Crippen LogP contribution in [-0.2, 0) is 0 Å². The van der Waals surface area contributed by atoms with E-state index in [0.717, 1.165) is 30.6 Å². The van der Waals surface area contributed by atoms with Crippen molar-refractivity contribution in [1.29, 1.82) is 0 Å². The average molecular weight is 417 g/mol. The van der Waals surface area contributed by atoms with Gasteiger partial charge in [0, 0.05) is 12.5 Å². The van der Waals surface area contributed by atoms with Crippen LogP contribution in [0.2, 0.25) is 0 Å². The number of hydrogen-bond donors (Lipinski definition) is 3. The van der Waals surface area contributed by atoms with E-state index in [-0.39, 0.29) is 11.0 Å². The number of carboxylic acids is 1. The Morgan fingerprint density at radius 3 is 2.93 bits per heavy atom. The molecule has 29 heavy (non-hydrogen) atoms. The number of aliphatic hydroxyl groups excluding tert-OH is 1. The van der Waals surface area contributed by atoms with E-state index in [1.807, 2.05) is 0 Å². The molecular formula is C20H20FN3O4S. The summed E-state index contributed by atoms with van der Waals surface area (Å²) in [6, 6.07) is 4.16. The lowest BCUT2D eigenvalue weighted by molar-refractivity contribution is 0.0538. The van der Waals surface area contributed by atoms with Crippen LogP contribution in [0.25, 0.3) is 10.2 Å². The Bertz CT molecular complexity index is 1070. The zero-order valence-corrected chi connectivity index (χ0v) is 16.5. The van der Waals surface area contributed by atoms with Crippen LogP contribution in [0.5, 0.6) is 5.75 Å². The highest BCUT2D eigenvalue weighted by molar-refractivity contribution is 7.20. The number of nitrogens with one attached hydrogen (secondary N) is 1. The van der Waals surface area contributed by atoms with E-state index in [1.54, 1.807) is 13.0 Å². The van der Waals surface area contributed by atoms with Crippen LogP contribution in [-0.4, -0.2) is 38.4 Å². The fourth-order valence-electron chi connectivity index (χ4n) is 3.60. The van der Waals surface area contributed by atoms with Gasteiger partial charge in [0.2, 0.25) is 0 Å². The van der Waals surface area contributed by atoms with Gasteiger partial charge < -0.3 is 20.3 Å². The molecule has 4 rings (SSSR count). The number of aromatic carboxylic acids is 1. The summed E-state index contributed by atoms with van der Waals surface area (Å²) in [6.07, 6.45) is 3.62. The van der Waals surface area contributed by atoms with Crippen molar-refractivity contribution in [2.45, 2.75) is 44.8 Å². The van der Waals surface area contributed by atoms with E-state index in [0.29, 0.717) is 39.5 Å². The molecule has 2 aromatic heterocycles. The van der Waals surface area contributed by atoms with Crippen LogP contribution >= 0.6 is 11.3 Å². The second-order valence-corrected chi connectivity index (χ2v) is 8.09. The number of rotatable bonds is 5. The van der Waals surface area contributed by atoms with Gasteiger partial charge in [0.25, 0.3) is 0 Å². The molecule has 0 saturated heterocycles. The number of fused-ring (bicyclic) bond motifs is 1. The summed E-state index contributed by atoms with van der Waals surface area (Å²) >= 11 is 1.08. The van der Waals surface area contributed by atoms with Gasteiger partial charge in [-0.25, -0.2) is 19.2 Å². The topological polar surface area (TPSA) is 105 Å². The lowest BCUT2D eigenvalue weighted by atomic mass is 9.95. The van der Waals surface area contributed by atoms with Crippen LogP contribution in [0.4, 0.5) is 15.9 Å². The highest BCUT2D eigenvalue weighted by Crippen LogP contribution is 2.37. The maximum atomic E-state index is 13.9. The summed E-state index contributed by atoms with van der Waals surface area (Å²) < 4.78 is 19.9. The van der Waals surface area contributed by atoms with Crippen molar-refractivity contribution in [3.8, 4) is 5.75 Å². The number of anilines is 2. The van der Waals surface area contributed by atoms with Gasteiger partial charge in [-0.05, 0) is 43.9 Å². The first-order chi connectivity index (χ1) is 13.9. The summed E-state index contributed by atoms with van der Waals surface area (Å²) in [5.41, 5.74) is 1.08. The first-order valence-electron chi connectivity index (χ1n) is 9.31. The van der Waals surface area contributed by atoms with E-state index in [2.05, 4.69) is 15.3 Å². The molecule has 0 bridgehead atoms. The second-order valence-electron chi connectivity index (χ2n) is 7.09. The van der Waals surface area contributed by atoms with Crippen molar-refractivity contribution < 1.29 is 24.1 Å². The molecular weight excluding hydrogens is 397 g/mol. The molecule has 1 aromatic carbocycles. The minimum atomic E-state index is -1.02. The molecule has 2 heterocycles. The fourth-order valence-corrected chi connectivity index (χ4v) is 4.59. The van der Waals surface area contributed by atoms with Crippen LogP contribution in [0.15, 0.2) is 24.5 Å². The van der Waals surface area contributed by atoms with Crippen molar-refractivity contribution in [3.05, 3.63) is 40.8 Å². The average Bonchev–Trinajstić information content (AvgIpc) is 3.02. The lowest BCUT2D eigenvalue weighted by Crippen LogP contribution is -2.28. The number of carboxylic acid groups (broad SMARTS) is 1. The smallest absolute Gasteiger partial charge is 0.346 e. The predicted octanol–water partition coefficient (Wildman–Crippen LogP) is 4.26. The zero-order valence-electron chi connectivity index (χ0n) is 15.7. The molecule has 1 fully saturated rings. The monoisotopic (exact) mass is 417 g/mol. The third-order valence-electron chi connectivity index (χ3n) is 5.01. The number of ether oxygens (including phenoxy) is 1. The van der Waals surface area contributed by atoms with Gasteiger partial charge >= 0.3 is 5.97 Å². The van der Waals surface area contributed by atoms with Crippen LogP contribution in [0.3, 0.4) is 0 Å². The van der Waals surface area contributed by atoms with E-state index < -0.39 is 17.9 Å². The van der Waals surface area contributed by atoms with Crippen molar-refractivity contribution in [2.24, 2.45) is 0 Å². The maximum absolute atomic E-state index is 13.9. The summed E-state index contributed by atoms with van der Waals surface area (Å²) in [6.45, 7) is 1.71. The molecule has 1 saturated carbocycles. The minimum absolute atomic E-state index is 0.201. The number of halogens is 1. The minimum Gasteiger partial charge on any atom is -0.488 e. The Kier molecular flexibility index (Phi) is 5.33. The number of benzene rings is 1. The Hall–Kier alpha value is -2.78. The van der Waals surface area contributed by atoms with Gasteiger partial charge in [0.05, 0.1) is 17.2 Å². The molecule has 2 atom stereocenters. The van der Waals surface area contributed by atoms with Crippen LogP contribution in [0.1, 0.15) is 40.9 Å².